The van der Waals surface area contributed by atoms with E-state index in [9.17, 15) is 14.9 Å². The number of amides is 1. The number of carbonyl (C=O) groups is 2. The quantitative estimate of drug-likeness (QED) is 0.248. The zero-order chi connectivity index (χ0) is 23.8. The summed E-state index contributed by atoms with van der Waals surface area (Å²) in [7, 11) is 1.43. The maximum atomic E-state index is 12.3. The van der Waals surface area contributed by atoms with Gasteiger partial charge in [-0.15, -0.1) is 0 Å². The van der Waals surface area contributed by atoms with E-state index in [1.165, 1.54) is 19.3 Å². The lowest BCUT2D eigenvalue weighted by molar-refractivity contribution is -0.136. The molecule has 0 saturated carbocycles. The maximum Gasteiger partial charge on any atom is 0.349 e. The monoisotopic (exact) mass is 500 g/mol. The Balaban J connectivity index is 2.13. The molecular formula is C24H25BrN2O5. The van der Waals surface area contributed by atoms with E-state index in [0.717, 1.165) is 15.6 Å². The molecule has 0 aliphatic heterocycles. The molecule has 32 heavy (non-hydrogen) atoms. The Morgan fingerprint density at radius 1 is 1.16 bits per heavy atom. The third kappa shape index (κ3) is 6.86. The van der Waals surface area contributed by atoms with Gasteiger partial charge >= 0.3 is 5.97 Å². The molecule has 8 heteroatoms. The second-order valence-electron chi connectivity index (χ2n) is 7.34. The highest BCUT2D eigenvalue weighted by Crippen LogP contribution is 2.30. The van der Waals surface area contributed by atoms with E-state index in [-0.39, 0.29) is 29.7 Å². The predicted octanol–water partition coefficient (Wildman–Crippen LogP) is 4.49. The lowest BCUT2D eigenvalue weighted by Crippen LogP contribution is -2.30. The molecule has 0 heterocycles. The molecule has 0 aliphatic rings. The van der Waals surface area contributed by atoms with Crippen molar-refractivity contribution in [3.8, 4) is 23.3 Å². The van der Waals surface area contributed by atoms with Crippen LogP contribution in [0.4, 0.5) is 0 Å². The Morgan fingerprint density at radius 3 is 2.38 bits per heavy atom. The van der Waals surface area contributed by atoms with Gasteiger partial charge in [0.1, 0.15) is 17.4 Å². The number of methoxy groups -OCH3 is 1. The fourth-order valence-corrected chi connectivity index (χ4v) is 3.61. The van der Waals surface area contributed by atoms with Crippen molar-refractivity contribution in [2.75, 3.05) is 13.7 Å². The van der Waals surface area contributed by atoms with Gasteiger partial charge in [0.05, 0.1) is 7.11 Å². The lowest BCUT2D eigenvalue weighted by atomic mass is 10.1. The number of hydrogen-bond donors (Lipinski definition) is 1. The summed E-state index contributed by atoms with van der Waals surface area (Å²) in [5.41, 5.74) is 2.30. The molecule has 0 spiro atoms. The summed E-state index contributed by atoms with van der Waals surface area (Å²) in [5, 5.41) is 12.0. The summed E-state index contributed by atoms with van der Waals surface area (Å²) in [6.45, 7) is 7.13. The molecule has 1 N–H and O–H groups in total. The van der Waals surface area contributed by atoms with Gasteiger partial charge in [0.2, 0.25) is 0 Å². The number of nitriles is 1. The molecule has 168 valence electrons. The van der Waals surface area contributed by atoms with Crippen molar-refractivity contribution >= 4 is 33.9 Å². The largest absolute Gasteiger partial charge is 0.493 e. The molecule has 0 aliphatic carbocycles. The van der Waals surface area contributed by atoms with E-state index in [4.69, 9.17) is 14.2 Å². The normalized spacial score (nSPS) is 11.0. The number of nitrogens with zero attached hydrogens (tertiary/aromatic N) is 1. The Labute approximate surface area is 196 Å². The van der Waals surface area contributed by atoms with Crippen molar-refractivity contribution in [2.24, 2.45) is 0 Å². The van der Waals surface area contributed by atoms with Gasteiger partial charge in [-0.1, -0.05) is 22.0 Å². The fourth-order valence-electron chi connectivity index (χ4n) is 2.92. The van der Waals surface area contributed by atoms with Gasteiger partial charge < -0.3 is 19.5 Å². The number of carbonyl (C=O) groups excluding carboxylic acids is 2. The van der Waals surface area contributed by atoms with Gasteiger partial charge in [-0.25, -0.2) is 4.79 Å². The molecule has 0 saturated heterocycles. The summed E-state index contributed by atoms with van der Waals surface area (Å²) in [6, 6.07) is 10.3. The highest BCUT2D eigenvalue weighted by atomic mass is 79.9. The number of aryl methyl sites for hydroxylation is 2. The summed E-state index contributed by atoms with van der Waals surface area (Å²) in [4.78, 5) is 24.4. The molecular weight excluding hydrogens is 476 g/mol. The molecule has 0 radical (unpaired) electrons. The number of halogens is 1. The number of benzene rings is 2. The fraction of sp³-hybridized carbons (Fsp3) is 0.292. The summed E-state index contributed by atoms with van der Waals surface area (Å²) >= 11 is 3.43. The smallest absolute Gasteiger partial charge is 0.349 e. The first kappa shape index (κ1) is 25.0. The zero-order valence-electron chi connectivity index (χ0n) is 18.6. The van der Waals surface area contributed by atoms with Gasteiger partial charge in [0.25, 0.3) is 5.91 Å². The van der Waals surface area contributed by atoms with Crippen LogP contribution in [0.15, 0.2) is 40.4 Å². The standard InChI is InChI=1S/C24H25BrN2O5/c1-14(2)27-24(29)18(12-26)10-17-6-7-20(21(11-17)30-5)32-22(28)13-31-23-15(3)8-19(25)9-16(23)4/h6-11,14H,13H2,1-5H3,(H,27,29)/b18-10+. The molecule has 2 rings (SSSR count). The number of rotatable bonds is 8. The minimum Gasteiger partial charge on any atom is -0.493 e. The van der Waals surface area contributed by atoms with Crippen LogP contribution in [0.3, 0.4) is 0 Å². The number of ether oxygens (including phenoxy) is 3. The van der Waals surface area contributed by atoms with Crippen LogP contribution in [0, 0.1) is 25.2 Å². The van der Waals surface area contributed by atoms with Crippen LogP contribution in [0.25, 0.3) is 6.08 Å². The SMILES string of the molecule is COc1cc(/C=C(\C#N)C(=O)NC(C)C)ccc1OC(=O)COc1c(C)cc(Br)cc1C. The average Bonchev–Trinajstić information content (AvgIpc) is 2.71. The van der Waals surface area contributed by atoms with Crippen LogP contribution in [0.1, 0.15) is 30.5 Å². The molecule has 0 bridgehead atoms. The van der Waals surface area contributed by atoms with E-state index < -0.39 is 11.9 Å². The van der Waals surface area contributed by atoms with Crippen molar-refractivity contribution in [1.82, 2.24) is 5.32 Å². The summed E-state index contributed by atoms with van der Waals surface area (Å²) in [6.07, 6.45) is 1.44. The van der Waals surface area contributed by atoms with Crippen molar-refractivity contribution in [1.29, 1.82) is 5.26 Å². The Hall–Kier alpha value is -3.31. The van der Waals surface area contributed by atoms with Crippen molar-refractivity contribution in [2.45, 2.75) is 33.7 Å². The Morgan fingerprint density at radius 2 is 1.81 bits per heavy atom. The topological polar surface area (TPSA) is 97.6 Å². The van der Waals surface area contributed by atoms with Crippen LogP contribution in [0.5, 0.6) is 17.2 Å². The van der Waals surface area contributed by atoms with Gasteiger partial charge in [-0.05, 0) is 74.7 Å². The van der Waals surface area contributed by atoms with Gasteiger partial charge in [0, 0.05) is 10.5 Å². The first-order chi connectivity index (χ1) is 15.1. The van der Waals surface area contributed by atoms with E-state index >= 15 is 0 Å². The number of hydrogen-bond acceptors (Lipinski definition) is 6. The third-order valence-corrected chi connectivity index (χ3v) is 4.72. The maximum absolute atomic E-state index is 12.3. The van der Waals surface area contributed by atoms with Crippen LogP contribution in [-0.2, 0) is 9.59 Å². The van der Waals surface area contributed by atoms with Crippen molar-refractivity contribution in [3.63, 3.8) is 0 Å². The lowest BCUT2D eigenvalue weighted by Gasteiger charge is -2.13. The van der Waals surface area contributed by atoms with E-state index in [2.05, 4.69) is 21.2 Å². The molecule has 0 fully saturated rings. The summed E-state index contributed by atoms with van der Waals surface area (Å²) in [5.74, 6) is 0.0496. The minimum atomic E-state index is -0.595. The highest BCUT2D eigenvalue weighted by Gasteiger charge is 2.15. The van der Waals surface area contributed by atoms with Gasteiger partial charge in [-0.2, -0.15) is 5.26 Å². The molecule has 2 aromatic rings. The van der Waals surface area contributed by atoms with Gasteiger partial charge in [-0.3, -0.25) is 4.79 Å². The van der Waals surface area contributed by atoms with Crippen LogP contribution >= 0.6 is 15.9 Å². The van der Waals surface area contributed by atoms with Crippen LogP contribution in [-0.4, -0.2) is 31.6 Å². The zero-order valence-corrected chi connectivity index (χ0v) is 20.2. The second-order valence-corrected chi connectivity index (χ2v) is 8.26. The molecule has 2 aromatic carbocycles. The second kappa shape index (κ2) is 11.3. The van der Waals surface area contributed by atoms with Crippen molar-refractivity contribution in [3.05, 3.63) is 57.1 Å². The van der Waals surface area contributed by atoms with Gasteiger partial charge in [0.15, 0.2) is 18.1 Å². The van der Waals surface area contributed by atoms with E-state index in [0.29, 0.717) is 11.3 Å². The predicted molar refractivity (Wildman–Crippen MR) is 125 cm³/mol. The highest BCUT2D eigenvalue weighted by molar-refractivity contribution is 9.10. The molecule has 1 amide bonds. The van der Waals surface area contributed by atoms with Crippen LogP contribution < -0.4 is 19.5 Å². The molecule has 0 unspecified atom stereocenters. The number of nitrogens with one attached hydrogen (secondary N) is 1. The molecule has 0 aromatic heterocycles. The first-order valence-electron chi connectivity index (χ1n) is 9.85. The summed E-state index contributed by atoms with van der Waals surface area (Å²) < 4.78 is 17.3. The third-order valence-electron chi connectivity index (χ3n) is 4.27. The van der Waals surface area contributed by atoms with E-state index in [1.807, 2.05) is 45.9 Å². The Kier molecular flexibility index (Phi) is 8.85. The molecule has 7 nitrogen and oxygen atoms in total. The Bertz CT molecular complexity index is 1060. The number of esters is 1. The first-order valence-corrected chi connectivity index (χ1v) is 10.6. The molecule has 0 atom stereocenters. The van der Waals surface area contributed by atoms with E-state index in [1.54, 1.807) is 12.1 Å². The minimum absolute atomic E-state index is 0.0425. The van der Waals surface area contributed by atoms with Crippen molar-refractivity contribution < 1.29 is 23.8 Å². The van der Waals surface area contributed by atoms with Crippen LogP contribution in [0.2, 0.25) is 0 Å². The average molecular weight is 501 g/mol.